The van der Waals surface area contributed by atoms with Crippen LogP contribution in [-0.4, -0.2) is 49.3 Å². The quantitative estimate of drug-likeness (QED) is 0.154. The molecule has 2 N–H and O–H groups in total. The fraction of sp³-hybridized carbons (Fsp3) is 0.312. The molecule has 12 heteroatoms. The molecule has 1 saturated heterocycles. The highest BCUT2D eigenvalue weighted by Gasteiger charge is 2.33. The molecule has 0 aliphatic carbocycles. The van der Waals surface area contributed by atoms with E-state index >= 15 is 0 Å². The number of methoxy groups -OCH3 is 2. The fourth-order valence-electron chi connectivity index (χ4n) is 4.72. The normalized spacial score (nSPS) is 15.4. The molecule has 1 atom stereocenters. The van der Waals surface area contributed by atoms with Gasteiger partial charge in [-0.25, -0.2) is 14.8 Å². The largest absolute Gasteiger partial charge is 0.497 e. The lowest BCUT2D eigenvalue weighted by molar-refractivity contribution is -0.141. The SMILES string of the molecule is [C-]#[N+]c1c(N)nc(SCc2nc(-c3cc(OC)ccc3OC)oc2C)c(C#N)c1-c1ccc(OC[C@@H]2COC(C)(C)O2)cc1. The molecule has 44 heavy (non-hydrogen) atoms. The zero-order valence-electron chi connectivity index (χ0n) is 25.0. The number of ether oxygens (including phenoxy) is 5. The van der Waals surface area contributed by atoms with E-state index in [2.05, 4.69) is 15.9 Å². The lowest BCUT2D eigenvalue weighted by Gasteiger charge is -2.17. The van der Waals surface area contributed by atoms with E-state index in [1.165, 1.54) is 11.8 Å². The summed E-state index contributed by atoms with van der Waals surface area (Å²) < 4.78 is 34.1. The molecule has 0 unspecified atom stereocenters. The fourth-order valence-corrected chi connectivity index (χ4v) is 5.72. The van der Waals surface area contributed by atoms with E-state index in [4.69, 9.17) is 45.4 Å². The summed E-state index contributed by atoms with van der Waals surface area (Å²) in [6, 6.07) is 14.8. The Balaban J connectivity index is 1.39. The van der Waals surface area contributed by atoms with E-state index in [1.807, 2.05) is 20.8 Å². The first-order chi connectivity index (χ1) is 21.2. The maximum atomic E-state index is 10.2. The Bertz CT molecular complexity index is 1760. The highest BCUT2D eigenvalue weighted by atomic mass is 32.2. The van der Waals surface area contributed by atoms with Crippen molar-refractivity contribution in [1.29, 1.82) is 5.26 Å². The second kappa shape index (κ2) is 12.9. The molecular weight excluding hydrogens is 582 g/mol. The summed E-state index contributed by atoms with van der Waals surface area (Å²) in [6.07, 6.45) is -0.176. The maximum Gasteiger partial charge on any atom is 0.236 e. The Morgan fingerprint density at radius 2 is 1.89 bits per heavy atom. The van der Waals surface area contributed by atoms with Gasteiger partial charge in [-0.15, -0.1) is 0 Å². The third-order valence-electron chi connectivity index (χ3n) is 6.91. The molecule has 0 amide bonds. The van der Waals surface area contributed by atoms with E-state index < -0.39 is 5.79 Å². The number of pyridine rings is 1. The predicted molar refractivity (Wildman–Crippen MR) is 165 cm³/mol. The summed E-state index contributed by atoms with van der Waals surface area (Å²) >= 11 is 1.29. The van der Waals surface area contributed by atoms with Crippen LogP contribution in [0.2, 0.25) is 0 Å². The van der Waals surface area contributed by atoms with Gasteiger partial charge in [0.05, 0.1) is 44.2 Å². The molecule has 0 saturated carbocycles. The first kappa shape index (κ1) is 30.7. The second-order valence-electron chi connectivity index (χ2n) is 10.3. The summed E-state index contributed by atoms with van der Waals surface area (Å²) in [4.78, 5) is 12.7. The molecule has 1 aliphatic heterocycles. The van der Waals surface area contributed by atoms with Crippen molar-refractivity contribution in [3.05, 3.63) is 70.9 Å². The van der Waals surface area contributed by atoms with Crippen LogP contribution < -0.4 is 19.9 Å². The predicted octanol–water partition coefficient (Wildman–Crippen LogP) is 6.56. The van der Waals surface area contributed by atoms with E-state index in [-0.39, 0.29) is 23.2 Å². The average molecular weight is 614 g/mol. The van der Waals surface area contributed by atoms with Crippen LogP contribution in [0.3, 0.4) is 0 Å². The van der Waals surface area contributed by atoms with Crippen molar-refractivity contribution in [2.24, 2.45) is 0 Å². The van der Waals surface area contributed by atoms with Gasteiger partial charge in [0, 0.05) is 11.3 Å². The van der Waals surface area contributed by atoms with Gasteiger partial charge in [0.15, 0.2) is 5.79 Å². The summed E-state index contributed by atoms with van der Waals surface area (Å²) in [5.41, 5.74) is 8.97. The van der Waals surface area contributed by atoms with E-state index in [1.54, 1.807) is 56.7 Å². The number of nitriles is 1. The van der Waals surface area contributed by atoms with Crippen LogP contribution >= 0.6 is 11.8 Å². The Hall–Kier alpha value is -4.75. The molecule has 1 fully saturated rings. The van der Waals surface area contributed by atoms with E-state index in [0.717, 1.165) is 0 Å². The minimum atomic E-state index is -0.628. The van der Waals surface area contributed by atoms with Gasteiger partial charge < -0.3 is 33.8 Å². The number of rotatable bonds is 10. The first-order valence-electron chi connectivity index (χ1n) is 13.6. The number of benzene rings is 2. The van der Waals surface area contributed by atoms with Gasteiger partial charge >= 0.3 is 0 Å². The Kier molecular flexibility index (Phi) is 8.97. The van der Waals surface area contributed by atoms with E-state index in [9.17, 15) is 5.26 Å². The highest BCUT2D eigenvalue weighted by Crippen LogP contribution is 2.42. The van der Waals surface area contributed by atoms with Gasteiger partial charge in [-0.05, 0) is 56.7 Å². The molecule has 1 aliphatic rings. The smallest absolute Gasteiger partial charge is 0.236 e. The number of hydrogen-bond donors (Lipinski definition) is 1. The van der Waals surface area contributed by atoms with Crippen LogP contribution in [0.4, 0.5) is 11.5 Å². The molecule has 2 aromatic heterocycles. The molecule has 2 aromatic carbocycles. The number of thioether (sulfide) groups is 1. The van der Waals surface area contributed by atoms with Gasteiger partial charge in [0.1, 0.15) is 52.6 Å². The molecule has 226 valence electrons. The van der Waals surface area contributed by atoms with Crippen molar-refractivity contribution >= 4 is 23.3 Å². The molecule has 0 radical (unpaired) electrons. The summed E-state index contributed by atoms with van der Waals surface area (Å²) in [6.45, 7) is 14.1. The number of nitrogens with zero attached hydrogens (tertiary/aromatic N) is 4. The average Bonchev–Trinajstić information content (AvgIpc) is 3.58. The van der Waals surface area contributed by atoms with Gasteiger partial charge in [0.2, 0.25) is 11.6 Å². The van der Waals surface area contributed by atoms with E-state index in [0.29, 0.717) is 75.3 Å². The molecule has 4 aromatic rings. The van der Waals surface area contributed by atoms with Crippen LogP contribution in [0.5, 0.6) is 17.2 Å². The number of nitrogen functional groups attached to an aromatic ring is 1. The van der Waals surface area contributed by atoms with Crippen molar-refractivity contribution in [3.63, 3.8) is 0 Å². The van der Waals surface area contributed by atoms with Gasteiger partial charge in [-0.2, -0.15) is 5.26 Å². The summed E-state index contributed by atoms with van der Waals surface area (Å²) in [5, 5.41) is 10.6. The minimum absolute atomic E-state index is 0.0384. The third-order valence-corrected chi connectivity index (χ3v) is 7.90. The number of hydrogen-bond acceptors (Lipinski definition) is 11. The van der Waals surface area contributed by atoms with Crippen molar-refractivity contribution < 1.29 is 28.1 Å². The topological polar surface area (TPSA) is 139 Å². The third kappa shape index (κ3) is 6.43. The van der Waals surface area contributed by atoms with Crippen molar-refractivity contribution in [2.45, 2.75) is 43.4 Å². The molecule has 5 rings (SSSR count). The molecule has 3 heterocycles. The monoisotopic (exact) mass is 613 g/mol. The van der Waals surface area contributed by atoms with Gasteiger partial charge in [0.25, 0.3) is 0 Å². The van der Waals surface area contributed by atoms with Gasteiger partial charge in [-0.1, -0.05) is 23.9 Å². The number of oxazole rings is 1. The molecule has 0 spiro atoms. The standard InChI is InChI=1S/C32H31N5O6S/c1-18-25(36-30(42-18)23-13-21(38-5)11-12-26(23)39-6)17-44-31-24(14-33)27(28(35-4)29(34)37-31)19-7-9-20(10-8-19)40-15-22-16-41-32(2,3)43-22/h7-13,22H,15-17H2,1-3,5-6H3,(H2,34,37)/t22-/m1/s1. The zero-order valence-corrected chi connectivity index (χ0v) is 25.8. The van der Waals surface area contributed by atoms with Crippen LogP contribution in [0.25, 0.3) is 27.4 Å². The van der Waals surface area contributed by atoms with Gasteiger partial charge in [-0.3, -0.25) is 0 Å². The Morgan fingerprint density at radius 1 is 1.14 bits per heavy atom. The Labute approximate surface area is 259 Å². The molecular formula is C32H31N5O6S. The highest BCUT2D eigenvalue weighted by molar-refractivity contribution is 7.98. The number of nitrogens with two attached hydrogens (primary N) is 1. The summed E-state index contributed by atoms with van der Waals surface area (Å²) in [7, 11) is 3.16. The molecule has 11 nitrogen and oxygen atoms in total. The number of aryl methyl sites for hydroxylation is 1. The molecule has 0 bridgehead atoms. The van der Waals surface area contributed by atoms with Crippen LogP contribution in [0.1, 0.15) is 30.9 Å². The zero-order chi connectivity index (χ0) is 31.4. The van der Waals surface area contributed by atoms with Crippen molar-refractivity contribution in [1.82, 2.24) is 9.97 Å². The number of aromatic nitrogens is 2. The summed E-state index contributed by atoms with van der Waals surface area (Å²) in [5.74, 6) is 2.59. The van der Waals surface area contributed by atoms with Crippen LogP contribution in [0, 0.1) is 24.8 Å². The van der Waals surface area contributed by atoms with Crippen molar-refractivity contribution in [2.75, 3.05) is 33.2 Å². The van der Waals surface area contributed by atoms with Crippen LogP contribution in [0.15, 0.2) is 51.9 Å². The number of anilines is 1. The Morgan fingerprint density at radius 3 is 2.52 bits per heavy atom. The first-order valence-corrected chi connectivity index (χ1v) is 14.6. The lowest BCUT2D eigenvalue weighted by Crippen LogP contribution is -2.25. The van der Waals surface area contributed by atoms with Crippen LogP contribution in [-0.2, 0) is 15.2 Å². The lowest BCUT2D eigenvalue weighted by atomic mass is 10.00. The second-order valence-corrected chi connectivity index (χ2v) is 11.3. The minimum Gasteiger partial charge on any atom is -0.497 e. The van der Waals surface area contributed by atoms with Crippen molar-refractivity contribution in [3.8, 4) is 45.9 Å². The maximum absolute atomic E-state index is 10.2.